The van der Waals surface area contributed by atoms with E-state index in [0.717, 1.165) is 6.07 Å². The third-order valence-corrected chi connectivity index (χ3v) is 3.59. The maximum Gasteiger partial charge on any atom is 0.297 e. The molecule has 0 amide bonds. The van der Waals surface area contributed by atoms with Gasteiger partial charge < -0.3 is 5.73 Å². The first kappa shape index (κ1) is 11.9. The fraction of sp³-hybridized carbons (Fsp3) is 0. The van der Waals surface area contributed by atoms with Crippen molar-refractivity contribution in [3.8, 4) is 0 Å². The van der Waals surface area contributed by atoms with Gasteiger partial charge in [-0.2, -0.15) is 8.42 Å². The molecule has 0 aliphatic carbocycles. The predicted molar refractivity (Wildman–Crippen MR) is 55.7 cm³/mol. The monoisotopic (exact) mass is 275 g/mol. The number of rotatable bonds is 1. The summed E-state index contributed by atoms with van der Waals surface area (Å²) in [6.07, 6.45) is 0. The molecule has 0 atom stereocenters. The molecule has 0 radical (unpaired) electrons. The molecule has 1 rings (SSSR count). The van der Waals surface area contributed by atoms with Crippen LogP contribution in [-0.2, 0) is 10.1 Å². The Morgan fingerprint density at radius 3 is 2.14 bits per heavy atom. The maximum atomic E-state index is 10.8. The molecule has 3 N–H and O–H groups in total. The molecule has 0 fully saturated rings. The van der Waals surface area contributed by atoms with Crippen molar-refractivity contribution >= 4 is 50.6 Å². The second-order valence-electron chi connectivity index (χ2n) is 2.37. The number of nitrogens with two attached hydrogens (primary N) is 1. The number of hydrogen-bond donors (Lipinski definition) is 2. The van der Waals surface area contributed by atoms with Crippen molar-refractivity contribution in [2.45, 2.75) is 4.90 Å². The van der Waals surface area contributed by atoms with E-state index in [1.807, 2.05) is 0 Å². The molecule has 1 aromatic rings. The molecular formula is C6H4Cl3NO3S. The van der Waals surface area contributed by atoms with E-state index in [4.69, 9.17) is 45.1 Å². The van der Waals surface area contributed by atoms with Crippen LogP contribution in [-0.4, -0.2) is 13.0 Å². The van der Waals surface area contributed by atoms with Gasteiger partial charge in [-0.1, -0.05) is 34.8 Å². The summed E-state index contributed by atoms with van der Waals surface area (Å²) in [7, 11) is -4.51. The minimum absolute atomic E-state index is 0.0207. The van der Waals surface area contributed by atoms with Crippen LogP contribution < -0.4 is 5.73 Å². The van der Waals surface area contributed by atoms with Gasteiger partial charge in [-0.3, -0.25) is 4.55 Å². The minimum atomic E-state index is -4.51. The van der Waals surface area contributed by atoms with Crippen LogP contribution in [0.15, 0.2) is 11.0 Å². The molecule has 14 heavy (non-hydrogen) atoms. The Morgan fingerprint density at radius 1 is 1.21 bits per heavy atom. The first-order chi connectivity index (χ1) is 6.25. The van der Waals surface area contributed by atoms with Gasteiger partial charge in [0.15, 0.2) is 0 Å². The van der Waals surface area contributed by atoms with E-state index >= 15 is 0 Å². The Labute approximate surface area is 95.3 Å². The summed E-state index contributed by atoms with van der Waals surface area (Å²) >= 11 is 16.7. The minimum Gasteiger partial charge on any atom is -0.396 e. The summed E-state index contributed by atoms with van der Waals surface area (Å²) in [5, 5.41) is -0.644. The van der Waals surface area contributed by atoms with Crippen molar-refractivity contribution in [1.82, 2.24) is 0 Å². The summed E-state index contributed by atoms with van der Waals surface area (Å²) in [5.74, 6) is 0. The lowest BCUT2D eigenvalue weighted by Gasteiger charge is -2.07. The van der Waals surface area contributed by atoms with Crippen LogP contribution in [0.2, 0.25) is 15.1 Å². The van der Waals surface area contributed by atoms with Crippen LogP contribution in [0.1, 0.15) is 0 Å². The van der Waals surface area contributed by atoms with Crippen LogP contribution >= 0.6 is 34.8 Å². The smallest absolute Gasteiger partial charge is 0.297 e. The molecule has 0 spiro atoms. The van der Waals surface area contributed by atoms with Crippen molar-refractivity contribution in [1.29, 1.82) is 0 Å². The van der Waals surface area contributed by atoms with Crippen LogP contribution in [0.5, 0.6) is 0 Å². The van der Waals surface area contributed by atoms with Gasteiger partial charge in [0.25, 0.3) is 10.1 Å². The third kappa shape index (κ3) is 2.07. The zero-order chi connectivity index (χ0) is 11.1. The molecular weight excluding hydrogens is 272 g/mol. The van der Waals surface area contributed by atoms with E-state index in [9.17, 15) is 8.42 Å². The van der Waals surface area contributed by atoms with Crippen LogP contribution in [0.25, 0.3) is 0 Å². The zero-order valence-electron chi connectivity index (χ0n) is 6.46. The van der Waals surface area contributed by atoms with Gasteiger partial charge in [0, 0.05) is 0 Å². The van der Waals surface area contributed by atoms with Crippen LogP contribution in [0, 0.1) is 0 Å². The molecule has 78 valence electrons. The molecule has 0 bridgehead atoms. The van der Waals surface area contributed by atoms with Gasteiger partial charge >= 0.3 is 0 Å². The van der Waals surface area contributed by atoms with Crippen molar-refractivity contribution in [3.05, 3.63) is 21.1 Å². The van der Waals surface area contributed by atoms with Gasteiger partial charge in [0.2, 0.25) is 0 Å². The van der Waals surface area contributed by atoms with E-state index in [0.29, 0.717) is 0 Å². The van der Waals surface area contributed by atoms with E-state index in [-0.39, 0.29) is 20.8 Å². The average molecular weight is 277 g/mol. The summed E-state index contributed by atoms with van der Waals surface area (Å²) in [4.78, 5) is -0.636. The third-order valence-electron chi connectivity index (χ3n) is 1.42. The highest BCUT2D eigenvalue weighted by Crippen LogP contribution is 2.38. The number of nitrogen functional groups attached to an aromatic ring is 1. The molecule has 8 heteroatoms. The SMILES string of the molecule is Nc1c(Cl)cc(Cl)c(S(=O)(=O)O)c1Cl. The molecule has 0 saturated carbocycles. The van der Waals surface area contributed by atoms with E-state index in [2.05, 4.69) is 0 Å². The zero-order valence-corrected chi connectivity index (χ0v) is 9.54. The van der Waals surface area contributed by atoms with Gasteiger partial charge in [-0.25, -0.2) is 0 Å². The van der Waals surface area contributed by atoms with Gasteiger partial charge in [0.1, 0.15) is 4.90 Å². The summed E-state index contributed by atoms with van der Waals surface area (Å²) in [6, 6.07) is 1.09. The number of halogens is 3. The Morgan fingerprint density at radius 2 is 1.71 bits per heavy atom. The Bertz CT molecular complexity index is 486. The van der Waals surface area contributed by atoms with Crippen molar-refractivity contribution in [3.63, 3.8) is 0 Å². The lowest BCUT2D eigenvalue weighted by molar-refractivity contribution is 0.483. The van der Waals surface area contributed by atoms with Gasteiger partial charge in [-0.15, -0.1) is 0 Å². The maximum absolute atomic E-state index is 10.8. The second-order valence-corrected chi connectivity index (χ2v) is 4.92. The molecule has 1 aromatic carbocycles. The Balaban J connectivity index is 3.70. The Kier molecular flexibility index (Phi) is 3.18. The highest BCUT2D eigenvalue weighted by atomic mass is 35.5. The van der Waals surface area contributed by atoms with Crippen molar-refractivity contribution in [2.24, 2.45) is 0 Å². The summed E-state index contributed by atoms with van der Waals surface area (Å²) in [5.41, 5.74) is 5.20. The highest BCUT2D eigenvalue weighted by molar-refractivity contribution is 7.86. The lowest BCUT2D eigenvalue weighted by Crippen LogP contribution is -2.02. The normalized spacial score (nSPS) is 11.7. The molecule has 0 aliphatic heterocycles. The molecule has 0 aromatic heterocycles. The van der Waals surface area contributed by atoms with Crippen LogP contribution in [0.3, 0.4) is 0 Å². The first-order valence-electron chi connectivity index (χ1n) is 3.15. The second kappa shape index (κ2) is 3.75. The van der Waals surface area contributed by atoms with E-state index in [1.165, 1.54) is 0 Å². The molecule has 0 aliphatic rings. The van der Waals surface area contributed by atoms with Gasteiger partial charge in [-0.05, 0) is 6.07 Å². The quantitative estimate of drug-likeness (QED) is 0.610. The molecule has 0 heterocycles. The number of benzene rings is 1. The van der Waals surface area contributed by atoms with Crippen molar-refractivity contribution < 1.29 is 13.0 Å². The number of hydrogen-bond acceptors (Lipinski definition) is 3. The topological polar surface area (TPSA) is 80.4 Å². The van der Waals surface area contributed by atoms with Crippen molar-refractivity contribution in [2.75, 3.05) is 5.73 Å². The summed E-state index contributed by atoms with van der Waals surface area (Å²) < 4.78 is 30.4. The van der Waals surface area contributed by atoms with Crippen LogP contribution in [0.4, 0.5) is 5.69 Å². The fourth-order valence-corrected chi connectivity index (χ4v) is 2.81. The fourth-order valence-electron chi connectivity index (χ4n) is 0.823. The largest absolute Gasteiger partial charge is 0.396 e. The first-order valence-corrected chi connectivity index (χ1v) is 5.73. The Hall–Kier alpha value is -0.200. The highest BCUT2D eigenvalue weighted by Gasteiger charge is 2.22. The lowest BCUT2D eigenvalue weighted by atomic mass is 10.3. The van der Waals surface area contributed by atoms with E-state index < -0.39 is 15.0 Å². The van der Waals surface area contributed by atoms with E-state index in [1.54, 1.807) is 0 Å². The molecule has 0 saturated heterocycles. The molecule has 4 nitrogen and oxygen atoms in total. The summed E-state index contributed by atoms with van der Waals surface area (Å²) in [6.45, 7) is 0. The van der Waals surface area contributed by atoms with Gasteiger partial charge in [0.05, 0.1) is 20.8 Å². The number of anilines is 1. The standard InChI is InChI=1S/C6H4Cl3NO3S/c7-2-1-3(8)6(14(11,12)13)4(9)5(2)10/h1H,10H2,(H,11,12,13). The average Bonchev–Trinajstić information content (AvgIpc) is 1.97. The molecule has 0 unspecified atom stereocenters. The predicted octanol–water partition coefficient (Wildman–Crippen LogP) is 2.48.